The molecule has 0 aliphatic rings. The maximum atomic E-state index is 11.7. The molecule has 0 aliphatic heterocycles. The zero-order valence-corrected chi connectivity index (χ0v) is 13.3. The zero-order chi connectivity index (χ0) is 15.1. The molecule has 0 amide bonds. The second-order valence-corrected chi connectivity index (χ2v) is 5.84. The summed E-state index contributed by atoms with van der Waals surface area (Å²) < 4.78 is 4.85. The van der Waals surface area contributed by atoms with Crippen molar-refractivity contribution in [3.8, 4) is 0 Å². The Kier molecular flexibility index (Phi) is 6.73. The van der Waals surface area contributed by atoms with Gasteiger partial charge in [-0.3, -0.25) is 4.79 Å². The van der Waals surface area contributed by atoms with E-state index in [1.807, 2.05) is 13.8 Å². The fourth-order valence-corrected chi connectivity index (χ4v) is 2.30. The van der Waals surface area contributed by atoms with Crippen molar-refractivity contribution in [2.75, 3.05) is 7.11 Å². The van der Waals surface area contributed by atoms with E-state index in [1.165, 1.54) is 18.2 Å². The van der Waals surface area contributed by atoms with Crippen molar-refractivity contribution in [3.63, 3.8) is 0 Å². The lowest BCUT2D eigenvalue weighted by Gasteiger charge is -2.24. The van der Waals surface area contributed by atoms with Crippen LogP contribution < -0.4 is 5.32 Å². The van der Waals surface area contributed by atoms with Crippen LogP contribution in [0.3, 0.4) is 0 Å². The molecule has 3 heteroatoms. The van der Waals surface area contributed by atoms with Crippen molar-refractivity contribution in [1.29, 1.82) is 0 Å². The normalized spacial score (nSPS) is 14.1. The third-order valence-electron chi connectivity index (χ3n) is 3.53. The lowest BCUT2D eigenvalue weighted by atomic mass is 10.0. The number of carbonyl (C=O) groups excluding carboxylic acids is 1. The SMILES string of the molecule is COC(=O)[C@@H](NC(C)CCc1cccc(C)c1)C(C)C. The molecule has 1 unspecified atom stereocenters. The largest absolute Gasteiger partial charge is 0.468 e. The first-order chi connectivity index (χ1) is 9.43. The fourth-order valence-electron chi connectivity index (χ4n) is 2.30. The molecule has 0 saturated carbocycles. The Labute approximate surface area is 122 Å². The van der Waals surface area contributed by atoms with E-state index in [1.54, 1.807) is 0 Å². The van der Waals surface area contributed by atoms with Gasteiger partial charge in [-0.1, -0.05) is 43.7 Å². The molecule has 3 nitrogen and oxygen atoms in total. The molecule has 0 aromatic heterocycles. The highest BCUT2D eigenvalue weighted by Gasteiger charge is 2.24. The summed E-state index contributed by atoms with van der Waals surface area (Å²) in [5.41, 5.74) is 2.63. The van der Waals surface area contributed by atoms with Crippen LogP contribution in [0.1, 0.15) is 38.3 Å². The minimum atomic E-state index is -0.229. The molecular weight excluding hydrogens is 250 g/mol. The van der Waals surface area contributed by atoms with Gasteiger partial charge >= 0.3 is 5.97 Å². The van der Waals surface area contributed by atoms with E-state index < -0.39 is 0 Å². The van der Waals surface area contributed by atoms with Crippen LogP contribution in [0, 0.1) is 12.8 Å². The Hall–Kier alpha value is -1.35. The third kappa shape index (κ3) is 5.33. The van der Waals surface area contributed by atoms with Gasteiger partial charge in [-0.15, -0.1) is 0 Å². The molecule has 1 aromatic carbocycles. The van der Waals surface area contributed by atoms with E-state index in [2.05, 4.69) is 43.4 Å². The molecule has 0 bridgehead atoms. The average molecular weight is 277 g/mol. The van der Waals surface area contributed by atoms with Gasteiger partial charge in [0.1, 0.15) is 6.04 Å². The molecule has 0 fully saturated rings. The van der Waals surface area contributed by atoms with Crippen molar-refractivity contribution in [2.24, 2.45) is 5.92 Å². The monoisotopic (exact) mass is 277 g/mol. The maximum absolute atomic E-state index is 11.7. The molecule has 0 heterocycles. The topological polar surface area (TPSA) is 38.3 Å². The van der Waals surface area contributed by atoms with E-state index >= 15 is 0 Å². The second kappa shape index (κ2) is 8.05. The summed E-state index contributed by atoms with van der Waals surface area (Å²) in [7, 11) is 1.44. The van der Waals surface area contributed by atoms with Crippen LogP contribution >= 0.6 is 0 Å². The number of esters is 1. The van der Waals surface area contributed by atoms with E-state index in [9.17, 15) is 4.79 Å². The summed E-state index contributed by atoms with van der Waals surface area (Å²) in [4.78, 5) is 11.7. The van der Waals surface area contributed by atoms with Crippen LogP contribution in [0.5, 0.6) is 0 Å². The Morgan fingerprint density at radius 1 is 1.30 bits per heavy atom. The van der Waals surface area contributed by atoms with E-state index in [0.29, 0.717) is 0 Å². The van der Waals surface area contributed by atoms with Crippen molar-refractivity contribution in [2.45, 2.75) is 52.6 Å². The number of benzene rings is 1. The lowest BCUT2D eigenvalue weighted by molar-refractivity contribution is -0.144. The first-order valence-electron chi connectivity index (χ1n) is 7.33. The molecule has 20 heavy (non-hydrogen) atoms. The minimum Gasteiger partial charge on any atom is -0.468 e. The van der Waals surface area contributed by atoms with E-state index in [0.717, 1.165) is 12.8 Å². The maximum Gasteiger partial charge on any atom is 0.323 e. The molecular formula is C17H27NO2. The zero-order valence-electron chi connectivity index (χ0n) is 13.3. The smallest absolute Gasteiger partial charge is 0.323 e. The van der Waals surface area contributed by atoms with Crippen molar-refractivity contribution in [1.82, 2.24) is 5.32 Å². The molecule has 0 radical (unpaired) electrons. The summed E-state index contributed by atoms with van der Waals surface area (Å²) in [6.45, 7) is 8.29. The average Bonchev–Trinajstić information content (AvgIpc) is 2.41. The van der Waals surface area contributed by atoms with Crippen LogP contribution in [0.2, 0.25) is 0 Å². The Morgan fingerprint density at radius 3 is 2.55 bits per heavy atom. The van der Waals surface area contributed by atoms with Crippen LogP contribution in [0.15, 0.2) is 24.3 Å². The standard InChI is InChI=1S/C17H27NO2/c1-12(2)16(17(19)20-5)18-14(4)9-10-15-8-6-7-13(3)11-15/h6-8,11-12,14,16,18H,9-10H2,1-5H3/t14?,16-/m0/s1. The molecule has 1 aromatic rings. The first-order valence-corrected chi connectivity index (χ1v) is 7.33. The molecule has 0 spiro atoms. The van der Waals surface area contributed by atoms with E-state index in [-0.39, 0.29) is 24.0 Å². The number of carbonyl (C=O) groups is 1. The summed E-state index contributed by atoms with van der Waals surface area (Å²) >= 11 is 0. The summed E-state index contributed by atoms with van der Waals surface area (Å²) in [5, 5.41) is 3.38. The highest BCUT2D eigenvalue weighted by atomic mass is 16.5. The van der Waals surface area contributed by atoms with Gasteiger partial charge in [-0.25, -0.2) is 0 Å². The summed E-state index contributed by atoms with van der Waals surface area (Å²) in [6.07, 6.45) is 2.02. The van der Waals surface area contributed by atoms with Gasteiger partial charge in [0.05, 0.1) is 7.11 Å². The number of hydrogen-bond donors (Lipinski definition) is 1. The number of nitrogens with one attached hydrogen (secondary N) is 1. The fraction of sp³-hybridized carbons (Fsp3) is 0.588. The molecule has 112 valence electrons. The van der Waals surface area contributed by atoms with E-state index in [4.69, 9.17) is 4.74 Å². The Morgan fingerprint density at radius 2 is 2.00 bits per heavy atom. The van der Waals surface area contributed by atoms with Gasteiger partial charge in [0.15, 0.2) is 0 Å². The van der Waals surface area contributed by atoms with Crippen molar-refractivity contribution < 1.29 is 9.53 Å². The highest BCUT2D eigenvalue weighted by molar-refractivity contribution is 5.75. The van der Waals surface area contributed by atoms with Gasteiger partial charge in [0, 0.05) is 6.04 Å². The van der Waals surface area contributed by atoms with Gasteiger partial charge in [0.25, 0.3) is 0 Å². The van der Waals surface area contributed by atoms with Crippen LogP contribution in [0.25, 0.3) is 0 Å². The highest BCUT2D eigenvalue weighted by Crippen LogP contribution is 2.10. The van der Waals surface area contributed by atoms with Crippen LogP contribution in [-0.4, -0.2) is 25.2 Å². The number of aryl methyl sites for hydroxylation is 2. The number of methoxy groups -OCH3 is 1. The molecule has 2 atom stereocenters. The third-order valence-corrected chi connectivity index (χ3v) is 3.53. The predicted molar refractivity (Wildman–Crippen MR) is 82.7 cm³/mol. The Balaban J connectivity index is 2.49. The van der Waals surface area contributed by atoms with Gasteiger partial charge in [-0.05, 0) is 38.2 Å². The quantitative estimate of drug-likeness (QED) is 0.778. The van der Waals surface area contributed by atoms with Crippen molar-refractivity contribution in [3.05, 3.63) is 35.4 Å². The van der Waals surface area contributed by atoms with Crippen molar-refractivity contribution >= 4 is 5.97 Å². The molecule has 1 rings (SSSR count). The van der Waals surface area contributed by atoms with Gasteiger partial charge in [0.2, 0.25) is 0 Å². The lowest BCUT2D eigenvalue weighted by Crippen LogP contribution is -2.46. The molecule has 0 saturated heterocycles. The minimum absolute atomic E-state index is 0.178. The number of rotatable bonds is 7. The molecule has 1 N–H and O–H groups in total. The summed E-state index contributed by atoms with van der Waals surface area (Å²) in [5.74, 6) is 0.0475. The van der Waals surface area contributed by atoms with Crippen LogP contribution in [-0.2, 0) is 16.0 Å². The number of hydrogen-bond acceptors (Lipinski definition) is 3. The van der Waals surface area contributed by atoms with Crippen LogP contribution in [0.4, 0.5) is 0 Å². The predicted octanol–water partition coefficient (Wildman–Crippen LogP) is 3.10. The summed E-state index contributed by atoms with van der Waals surface area (Å²) in [6, 6.07) is 8.62. The second-order valence-electron chi connectivity index (χ2n) is 5.84. The first kappa shape index (κ1) is 16.7. The number of ether oxygens (including phenoxy) is 1. The van der Waals surface area contributed by atoms with Gasteiger partial charge < -0.3 is 10.1 Å². The Bertz CT molecular complexity index is 429. The van der Waals surface area contributed by atoms with Gasteiger partial charge in [-0.2, -0.15) is 0 Å². The molecule has 0 aliphatic carbocycles.